The van der Waals surface area contributed by atoms with E-state index in [1.165, 1.54) is 43.3 Å². The highest BCUT2D eigenvalue weighted by atomic mass is 32.2. The van der Waals surface area contributed by atoms with E-state index < -0.39 is 0 Å². The van der Waals surface area contributed by atoms with Gasteiger partial charge < -0.3 is 4.90 Å². The van der Waals surface area contributed by atoms with Crippen LogP contribution >= 0.6 is 23.5 Å². The summed E-state index contributed by atoms with van der Waals surface area (Å²) >= 11 is 3.93. The van der Waals surface area contributed by atoms with E-state index in [1.54, 1.807) is 0 Å². The van der Waals surface area contributed by atoms with Gasteiger partial charge >= 0.3 is 0 Å². The van der Waals surface area contributed by atoms with E-state index in [4.69, 9.17) is 0 Å². The molecule has 0 bridgehead atoms. The van der Waals surface area contributed by atoms with Crippen LogP contribution in [0.3, 0.4) is 0 Å². The molecule has 0 radical (unpaired) electrons. The Bertz CT molecular complexity index is 1040. The highest BCUT2D eigenvalue weighted by Gasteiger charge is 2.18. The van der Waals surface area contributed by atoms with Crippen LogP contribution in [0.25, 0.3) is 11.1 Å². The molecule has 0 atom stereocenters. The zero-order valence-corrected chi connectivity index (χ0v) is 18.8. The van der Waals surface area contributed by atoms with E-state index in [9.17, 15) is 0 Å². The molecule has 30 heavy (non-hydrogen) atoms. The van der Waals surface area contributed by atoms with Gasteiger partial charge in [-0.3, -0.25) is 0 Å². The lowest BCUT2D eigenvalue weighted by molar-refractivity contribution is 1.14. The molecule has 150 valence electrons. The maximum absolute atomic E-state index is 2.36. The summed E-state index contributed by atoms with van der Waals surface area (Å²) in [6, 6.07) is 26.5. The van der Waals surface area contributed by atoms with Crippen molar-refractivity contribution >= 4 is 40.4 Å². The standard InChI is InChI=1S/C27H25NS2/c1-20-10-12-23(13-11-20)28(18-21-14-16-29-26-8-4-2-6-24(21)26)19-22-15-17-30-27-9-5-3-7-25(22)27/h2-13,18-19H,14-17H2,1H3. The monoisotopic (exact) mass is 427 g/mol. The second-order valence-electron chi connectivity index (χ2n) is 7.74. The van der Waals surface area contributed by atoms with Gasteiger partial charge in [0.2, 0.25) is 0 Å². The Morgan fingerprint density at radius 3 is 1.70 bits per heavy atom. The van der Waals surface area contributed by atoms with Crippen LogP contribution in [-0.4, -0.2) is 11.5 Å². The normalized spacial score (nSPS) is 18.2. The molecule has 0 N–H and O–H groups in total. The van der Waals surface area contributed by atoms with Crippen LogP contribution in [0.4, 0.5) is 5.69 Å². The highest BCUT2D eigenvalue weighted by molar-refractivity contribution is 7.99. The Labute approximate surface area is 187 Å². The maximum atomic E-state index is 2.36. The minimum absolute atomic E-state index is 1.10. The largest absolute Gasteiger partial charge is 0.323 e. The van der Waals surface area contributed by atoms with Crippen molar-refractivity contribution in [1.82, 2.24) is 0 Å². The first kappa shape index (κ1) is 19.6. The third-order valence-electron chi connectivity index (χ3n) is 5.65. The van der Waals surface area contributed by atoms with Crippen molar-refractivity contribution in [2.75, 3.05) is 16.4 Å². The van der Waals surface area contributed by atoms with E-state index in [2.05, 4.69) is 97.0 Å². The number of anilines is 1. The van der Waals surface area contributed by atoms with Gasteiger partial charge in [-0.2, -0.15) is 0 Å². The van der Waals surface area contributed by atoms with Crippen molar-refractivity contribution < 1.29 is 0 Å². The number of aryl methyl sites for hydroxylation is 1. The lowest BCUT2D eigenvalue weighted by Crippen LogP contribution is -2.12. The minimum Gasteiger partial charge on any atom is -0.323 e. The molecule has 0 saturated heterocycles. The van der Waals surface area contributed by atoms with Crippen LogP contribution in [0.15, 0.2) is 95.0 Å². The van der Waals surface area contributed by atoms with Crippen LogP contribution in [0.1, 0.15) is 29.5 Å². The average molecular weight is 428 g/mol. The van der Waals surface area contributed by atoms with Crippen LogP contribution in [0, 0.1) is 6.92 Å². The van der Waals surface area contributed by atoms with Crippen LogP contribution < -0.4 is 4.90 Å². The molecule has 0 aliphatic carbocycles. The quantitative estimate of drug-likeness (QED) is 0.418. The van der Waals surface area contributed by atoms with Crippen LogP contribution in [-0.2, 0) is 0 Å². The first-order valence-electron chi connectivity index (χ1n) is 10.5. The zero-order chi connectivity index (χ0) is 20.3. The smallest absolute Gasteiger partial charge is 0.0449 e. The number of fused-ring (bicyclic) bond motifs is 2. The van der Waals surface area contributed by atoms with Crippen molar-refractivity contribution in [2.24, 2.45) is 0 Å². The molecular formula is C27H25NS2. The third kappa shape index (κ3) is 4.10. The molecule has 0 amide bonds. The third-order valence-corrected chi connectivity index (χ3v) is 7.80. The fourth-order valence-electron chi connectivity index (χ4n) is 4.03. The maximum Gasteiger partial charge on any atom is 0.0449 e. The molecular weight excluding hydrogens is 402 g/mol. The topological polar surface area (TPSA) is 3.24 Å². The molecule has 3 aromatic carbocycles. The molecule has 0 unspecified atom stereocenters. The molecule has 5 rings (SSSR count). The van der Waals surface area contributed by atoms with E-state index >= 15 is 0 Å². The summed E-state index contributed by atoms with van der Waals surface area (Å²) in [4.78, 5) is 5.14. The molecule has 0 spiro atoms. The van der Waals surface area contributed by atoms with Gasteiger partial charge in [0.15, 0.2) is 0 Å². The second kappa shape index (κ2) is 8.79. The van der Waals surface area contributed by atoms with Gasteiger partial charge in [-0.15, -0.1) is 23.5 Å². The molecule has 3 heteroatoms. The van der Waals surface area contributed by atoms with Gasteiger partial charge in [0.1, 0.15) is 0 Å². The highest BCUT2D eigenvalue weighted by Crippen LogP contribution is 2.39. The first-order valence-corrected chi connectivity index (χ1v) is 12.5. The predicted molar refractivity (Wildman–Crippen MR) is 133 cm³/mol. The number of benzene rings is 3. The van der Waals surface area contributed by atoms with Gasteiger partial charge in [-0.05, 0) is 66.3 Å². The lowest BCUT2D eigenvalue weighted by Gasteiger charge is -2.25. The molecule has 2 aliphatic rings. The summed E-state index contributed by atoms with van der Waals surface area (Å²) in [5, 5.41) is 0. The number of hydrogen-bond donors (Lipinski definition) is 0. The van der Waals surface area contributed by atoms with Crippen molar-refractivity contribution in [1.29, 1.82) is 0 Å². The van der Waals surface area contributed by atoms with Gasteiger partial charge in [0.05, 0.1) is 0 Å². The number of rotatable bonds is 3. The fourth-order valence-corrected chi connectivity index (χ4v) is 6.18. The molecule has 0 saturated carbocycles. The number of allylic oxidation sites excluding steroid dienone is 2. The van der Waals surface area contributed by atoms with E-state index in [1.807, 2.05) is 23.5 Å². The molecule has 3 aromatic rings. The summed E-state index contributed by atoms with van der Waals surface area (Å²) in [6.07, 6.45) is 6.92. The molecule has 0 aromatic heterocycles. The summed E-state index contributed by atoms with van der Waals surface area (Å²) < 4.78 is 0. The van der Waals surface area contributed by atoms with Gasteiger partial charge in [0, 0.05) is 39.4 Å². The van der Waals surface area contributed by atoms with Gasteiger partial charge in [-0.25, -0.2) is 0 Å². The van der Waals surface area contributed by atoms with E-state index in [0.717, 1.165) is 24.3 Å². The summed E-state index contributed by atoms with van der Waals surface area (Å²) in [5.74, 6) is 2.28. The summed E-state index contributed by atoms with van der Waals surface area (Å²) in [5.41, 5.74) is 8.10. The average Bonchev–Trinajstić information content (AvgIpc) is 2.80. The van der Waals surface area contributed by atoms with Crippen molar-refractivity contribution in [3.63, 3.8) is 0 Å². The lowest BCUT2D eigenvalue weighted by atomic mass is 10.0. The summed E-state index contributed by atoms with van der Waals surface area (Å²) in [6.45, 7) is 2.15. The predicted octanol–water partition coefficient (Wildman–Crippen LogP) is 7.88. The number of nitrogens with zero attached hydrogens (tertiary/aromatic N) is 1. The Morgan fingerprint density at radius 2 is 1.17 bits per heavy atom. The van der Waals surface area contributed by atoms with Crippen LogP contribution in [0.5, 0.6) is 0 Å². The van der Waals surface area contributed by atoms with E-state index in [-0.39, 0.29) is 0 Å². The van der Waals surface area contributed by atoms with E-state index in [0.29, 0.717) is 0 Å². The molecule has 2 heterocycles. The fraction of sp³-hybridized carbons (Fsp3) is 0.185. The minimum atomic E-state index is 1.10. The first-order chi connectivity index (χ1) is 14.8. The molecule has 0 fully saturated rings. The zero-order valence-electron chi connectivity index (χ0n) is 17.2. The number of hydrogen-bond acceptors (Lipinski definition) is 3. The SMILES string of the molecule is Cc1ccc(N(C=C2CCSc3ccccc32)C=C2CCSc3ccccc32)cc1. The van der Waals surface area contributed by atoms with Gasteiger partial charge in [-0.1, -0.05) is 54.1 Å². The van der Waals surface area contributed by atoms with Crippen LogP contribution in [0.2, 0.25) is 0 Å². The molecule has 1 nitrogen and oxygen atoms in total. The van der Waals surface area contributed by atoms with Gasteiger partial charge in [0.25, 0.3) is 0 Å². The van der Waals surface area contributed by atoms with Crippen molar-refractivity contribution in [2.45, 2.75) is 29.6 Å². The van der Waals surface area contributed by atoms with Crippen molar-refractivity contribution in [3.8, 4) is 0 Å². The Morgan fingerprint density at radius 1 is 0.667 bits per heavy atom. The summed E-state index contributed by atoms with van der Waals surface area (Å²) in [7, 11) is 0. The Balaban J connectivity index is 1.61. The Kier molecular flexibility index (Phi) is 5.74. The number of thioether (sulfide) groups is 2. The Hall–Kier alpha value is -2.36. The van der Waals surface area contributed by atoms with Crippen molar-refractivity contribution in [3.05, 3.63) is 102 Å². The second-order valence-corrected chi connectivity index (χ2v) is 10.0. The molecule has 2 aliphatic heterocycles.